The highest BCUT2D eigenvalue weighted by Gasteiger charge is 2.32. The Balaban J connectivity index is 1.97. The highest BCUT2D eigenvalue weighted by molar-refractivity contribution is 5.86. The first-order valence-corrected chi connectivity index (χ1v) is 11.6. The molecular weight excluding hydrogens is 535 g/mol. The van der Waals surface area contributed by atoms with E-state index in [1.807, 2.05) is 0 Å². The van der Waals surface area contributed by atoms with E-state index in [1.54, 1.807) is 35.2 Å². The molecule has 0 aliphatic heterocycles. The van der Waals surface area contributed by atoms with Gasteiger partial charge in [-0.2, -0.15) is 30.7 Å². The summed E-state index contributed by atoms with van der Waals surface area (Å²) >= 11 is 0. The molecule has 2 aromatic carbocycles. The Morgan fingerprint density at radius 2 is 1.62 bits per heavy atom. The van der Waals surface area contributed by atoms with Gasteiger partial charge in [-0.1, -0.05) is 36.4 Å². The van der Waals surface area contributed by atoms with Crippen LogP contribution in [0.2, 0.25) is 0 Å². The monoisotopic (exact) mass is 559 g/mol. The molecule has 0 fully saturated rings. The molecule has 0 aliphatic rings. The molecule has 1 heterocycles. The summed E-state index contributed by atoms with van der Waals surface area (Å²) < 4.78 is 98.9. The molecule has 210 valence electrons. The van der Waals surface area contributed by atoms with Gasteiger partial charge in [-0.05, 0) is 42.2 Å². The lowest BCUT2D eigenvalue weighted by molar-refractivity contribution is -0.141. The molecule has 1 N–H and O–H groups in total. The molecule has 6 nitrogen and oxygen atoms in total. The van der Waals surface area contributed by atoms with Crippen molar-refractivity contribution in [3.63, 3.8) is 0 Å². The van der Waals surface area contributed by atoms with Crippen LogP contribution in [-0.2, 0) is 17.4 Å². The standard InChI is InChI=1S/C26H24F7N3O3/c1-34-23(37)22(17-7-3-2-4-8-17)36(13-5-6-16-9-12-21(35-15-16)26(31,32)33)18-10-11-19(38-24(27)28)20(14-18)39-25(29)30/h2-4,7-12,14-15,22,24-25H,5-6,13H2,1H3,(H,34,37). The molecule has 13 heteroatoms. The third-order valence-corrected chi connectivity index (χ3v) is 5.59. The van der Waals surface area contributed by atoms with Crippen molar-refractivity contribution in [2.75, 3.05) is 18.5 Å². The number of hydrogen-bond acceptors (Lipinski definition) is 5. The van der Waals surface area contributed by atoms with E-state index < -0.39 is 48.5 Å². The average Bonchev–Trinajstić information content (AvgIpc) is 2.88. The lowest BCUT2D eigenvalue weighted by atomic mass is 10.0. The van der Waals surface area contributed by atoms with Crippen LogP contribution in [-0.4, -0.2) is 37.7 Å². The van der Waals surface area contributed by atoms with Crippen molar-refractivity contribution < 1.29 is 45.0 Å². The summed E-state index contributed by atoms with van der Waals surface area (Å²) in [6.07, 6.45) is -2.91. The number of likely N-dealkylation sites (N-methyl/N-ethyl adjacent to an activating group) is 1. The summed E-state index contributed by atoms with van der Waals surface area (Å²) in [5.74, 6) is -1.74. The van der Waals surface area contributed by atoms with E-state index in [0.717, 1.165) is 24.4 Å². The molecule has 1 unspecified atom stereocenters. The largest absolute Gasteiger partial charge is 0.433 e. The van der Waals surface area contributed by atoms with Crippen LogP contribution in [0.4, 0.5) is 36.4 Å². The minimum absolute atomic E-state index is 0.108. The molecule has 1 aromatic heterocycles. The van der Waals surface area contributed by atoms with E-state index in [9.17, 15) is 35.5 Å². The van der Waals surface area contributed by atoms with Crippen LogP contribution < -0.4 is 19.7 Å². The third kappa shape index (κ3) is 8.23. The predicted octanol–water partition coefficient (Wildman–Crippen LogP) is 6.23. The molecule has 0 spiro atoms. The number of ether oxygens (including phenoxy) is 2. The van der Waals surface area contributed by atoms with Gasteiger partial charge in [0.1, 0.15) is 11.7 Å². The number of carbonyl (C=O) groups excluding carboxylic acids is 1. The summed E-state index contributed by atoms with van der Waals surface area (Å²) in [4.78, 5) is 18.0. The van der Waals surface area contributed by atoms with Crippen LogP contribution in [0.3, 0.4) is 0 Å². The van der Waals surface area contributed by atoms with Crippen LogP contribution in [0, 0.1) is 0 Å². The zero-order valence-electron chi connectivity index (χ0n) is 20.5. The lowest BCUT2D eigenvalue weighted by Gasteiger charge is -2.33. The van der Waals surface area contributed by atoms with Crippen molar-refractivity contribution in [1.29, 1.82) is 0 Å². The second-order valence-electron chi connectivity index (χ2n) is 8.16. The zero-order chi connectivity index (χ0) is 28.6. The molecular formula is C26H24F7N3O3. The number of benzene rings is 2. The summed E-state index contributed by atoms with van der Waals surface area (Å²) in [6.45, 7) is -6.53. The number of halogens is 7. The fourth-order valence-corrected chi connectivity index (χ4v) is 3.90. The molecule has 0 bridgehead atoms. The Morgan fingerprint density at radius 3 is 2.18 bits per heavy atom. The number of alkyl halides is 7. The molecule has 0 saturated carbocycles. The Labute approximate surface area is 219 Å². The quantitative estimate of drug-likeness (QED) is 0.267. The number of nitrogens with one attached hydrogen (secondary N) is 1. The smallest absolute Gasteiger partial charge is 0.431 e. The molecule has 3 aromatic rings. The summed E-state index contributed by atoms with van der Waals surface area (Å²) in [6, 6.07) is 13.0. The minimum Gasteiger partial charge on any atom is -0.431 e. The fourth-order valence-electron chi connectivity index (χ4n) is 3.90. The first-order valence-electron chi connectivity index (χ1n) is 11.6. The van der Waals surface area contributed by atoms with Gasteiger partial charge >= 0.3 is 19.4 Å². The summed E-state index contributed by atoms with van der Waals surface area (Å²) in [5, 5.41) is 2.55. The summed E-state index contributed by atoms with van der Waals surface area (Å²) in [5.41, 5.74) is 0.184. The van der Waals surface area contributed by atoms with E-state index in [-0.39, 0.29) is 18.7 Å². The van der Waals surface area contributed by atoms with Crippen molar-refractivity contribution in [3.8, 4) is 11.5 Å². The third-order valence-electron chi connectivity index (χ3n) is 5.59. The number of nitrogens with zero attached hydrogens (tertiary/aromatic N) is 2. The van der Waals surface area contributed by atoms with Gasteiger partial charge in [0.05, 0.1) is 0 Å². The van der Waals surface area contributed by atoms with Crippen LogP contribution in [0.1, 0.15) is 29.3 Å². The molecule has 1 amide bonds. The first kappa shape index (κ1) is 29.5. The zero-order valence-corrected chi connectivity index (χ0v) is 20.5. The number of rotatable bonds is 12. The molecule has 0 aliphatic carbocycles. The average molecular weight is 559 g/mol. The van der Waals surface area contributed by atoms with Crippen LogP contribution in [0.5, 0.6) is 11.5 Å². The van der Waals surface area contributed by atoms with Crippen LogP contribution >= 0.6 is 0 Å². The molecule has 0 saturated heterocycles. The maximum Gasteiger partial charge on any atom is 0.433 e. The van der Waals surface area contributed by atoms with Crippen LogP contribution in [0.25, 0.3) is 0 Å². The highest BCUT2D eigenvalue weighted by atomic mass is 19.4. The van der Waals surface area contributed by atoms with Gasteiger partial charge in [0.2, 0.25) is 5.91 Å². The van der Waals surface area contributed by atoms with Crippen molar-refractivity contribution in [3.05, 3.63) is 83.7 Å². The van der Waals surface area contributed by atoms with E-state index >= 15 is 0 Å². The van der Waals surface area contributed by atoms with Crippen molar-refractivity contribution in [1.82, 2.24) is 10.3 Å². The highest BCUT2D eigenvalue weighted by Crippen LogP contribution is 2.37. The molecule has 0 radical (unpaired) electrons. The second-order valence-corrected chi connectivity index (χ2v) is 8.16. The van der Waals surface area contributed by atoms with Crippen molar-refractivity contribution in [2.45, 2.75) is 38.3 Å². The van der Waals surface area contributed by atoms with E-state index in [0.29, 0.717) is 17.5 Å². The number of anilines is 1. The van der Waals surface area contributed by atoms with Crippen molar-refractivity contribution >= 4 is 11.6 Å². The topological polar surface area (TPSA) is 63.7 Å². The van der Waals surface area contributed by atoms with E-state index in [1.165, 1.54) is 19.2 Å². The number of carbonyl (C=O) groups is 1. The summed E-state index contributed by atoms with van der Waals surface area (Å²) in [7, 11) is 1.41. The van der Waals surface area contributed by atoms with Gasteiger partial charge in [0.25, 0.3) is 0 Å². The van der Waals surface area contributed by atoms with E-state index in [4.69, 9.17) is 0 Å². The Morgan fingerprint density at radius 1 is 0.949 bits per heavy atom. The van der Waals surface area contributed by atoms with Gasteiger partial charge < -0.3 is 19.7 Å². The molecule has 1 atom stereocenters. The van der Waals surface area contributed by atoms with E-state index in [2.05, 4.69) is 19.8 Å². The minimum atomic E-state index is -4.58. The molecule has 3 rings (SSSR count). The Kier molecular flexibility index (Phi) is 9.96. The fraction of sp³-hybridized carbons (Fsp3) is 0.308. The predicted molar refractivity (Wildman–Crippen MR) is 128 cm³/mol. The number of aryl methyl sites for hydroxylation is 1. The lowest BCUT2D eigenvalue weighted by Crippen LogP contribution is -2.40. The van der Waals surface area contributed by atoms with Gasteiger partial charge in [0.15, 0.2) is 11.5 Å². The Bertz CT molecular complexity index is 1210. The number of aromatic nitrogens is 1. The Hall–Kier alpha value is -4.03. The maximum atomic E-state index is 13.1. The normalized spacial score (nSPS) is 12.4. The van der Waals surface area contributed by atoms with Gasteiger partial charge in [-0.3, -0.25) is 9.78 Å². The van der Waals surface area contributed by atoms with Gasteiger partial charge in [-0.25, -0.2) is 0 Å². The van der Waals surface area contributed by atoms with Crippen LogP contribution in [0.15, 0.2) is 66.9 Å². The number of amides is 1. The number of hydrogen-bond donors (Lipinski definition) is 1. The maximum absolute atomic E-state index is 13.1. The number of pyridine rings is 1. The SMILES string of the molecule is CNC(=O)C(c1ccccc1)N(CCCc1ccc(C(F)(F)F)nc1)c1ccc(OC(F)F)c(OC(F)F)c1. The van der Waals surface area contributed by atoms with Gasteiger partial charge in [0, 0.05) is 31.5 Å². The van der Waals surface area contributed by atoms with Gasteiger partial charge in [-0.15, -0.1) is 0 Å². The van der Waals surface area contributed by atoms with Crippen molar-refractivity contribution in [2.24, 2.45) is 0 Å². The molecule has 39 heavy (non-hydrogen) atoms. The first-order chi connectivity index (χ1) is 18.5. The second kappa shape index (κ2) is 13.2.